The third-order valence-electron chi connectivity index (χ3n) is 7.16. The second-order valence-electron chi connectivity index (χ2n) is 9.48. The molecule has 1 fully saturated rings. The van der Waals surface area contributed by atoms with E-state index in [0.29, 0.717) is 6.04 Å². The van der Waals surface area contributed by atoms with Crippen molar-refractivity contribution in [2.45, 2.75) is 91.1 Å². The third-order valence-corrected chi connectivity index (χ3v) is 11.8. The first-order valence-electron chi connectivity index (χ1n) is 11.9. The highest BCUT2D eigenvalue weighted by atomic mass is 28.4. The standard InChI is InChI=1S/C27H41NOSi/c1-8-30(9-2,10-3)29-27(26-12-11-13-28-26,24-16-20(4)14-21(5)17-24)25-18-22(6)15-23(7)19-25/h14-19,26,28H,8-13H2,1-7H3/t26-/m0/s1. The maximum atomic E-state index is 7.63. The summed E-state index contributed by atoms with van der Waals surface area (Å²) in [7, 11) is -1.90. The molecule has 0 radical (unpaired) electrons. The van der Waals surface area contributed by atoms with E-state index in [4.69, 9.17) is 4.43 Å². The summed E-state index contributed by atoms with van der Waals surface area (Å²) in [5.41, 5.74) is 7.50. The van der Waals surface area contributed by atoms with Crippen LogP contribution < -0.4 is 5.32 Å². The molecule has 1 atom stereocenters. The van der Waals surface area contributed by atoms with E-state index in [0.717, 1.165) is 31.1 Å². The minimum Gasteiger partial charge on any atom is -0.402 e. The van der Waals surface area contributed by atoms with Gasteiger partial charge in [-0.15, -0.1) is 0 Å². The van der Waals surface area contributed by atoms with Gasteiger partial charge in [-0.1, -0.05) is 79.4 Å². The van der Waals surface area contributed by atoms with Crippen LogP contribution in [0.1, 0.15) is 67.0 Å². The Balaban J connectivity index is 2.35. The zero-order chi connectivity index (χ0) is 21.9. The molecule has 3 rings (SSSR count). The fourth-order valence-corrected chi connectivity index (χ4v) is 8.47. The van der Waals surface area contributed by atoms with Gasteiger partial charge in [0.05, 0.1) is 0 Å². The lowest BCUT2D eigenvalue weighted by Gasteiger charge is -2.47. The van der Waals surface area contributed by atoms with E-state index < -0.39 is 13.9 Å². The first-order chi connectivity index (χ1) is 14.3. The zero-order valence-electron chi connectivity index (χ0n) is 20.2. The molecular weight excluding hydrogens is 382 g/mol. The average Bonchev–Trinajstić information content (AvgIpc) is 3.23. The van der Waals surface area contributed by atoms with Gasteiger partial charge in [0.1, 0.15) is 5.60 Å². The molecule has 30 heavy (non-hydrogen) atoms. The van der Waals surface area contributed by atoms with Crippen LogP contribution in [0.25, 0.3) is 0 Å². The van der Waals surface area contributed by atoms with Crippen molar-refractivity contribution < 1.29 is 4.43 Å². The lowest BCUT2D eigenvalue weighted by atomic mass is 9.77. The summed E-state index contributed by atoms with van der Waals surface area (Å²) in [6, 6.07) is 17.9. The summed E-state index contributed by atoms with van der Waals surface area (Å²) in [4.78, 5) is 0. The molecule has 0 amide bonds. The second-order valence-corrected chi connectivity index (χ2v) is 14.2. The molecular formula is C27H41NOSi. The van der Waals surface area contributed by atoms with Crippen molar-refractivity contribution >= 4 is 8.32 Å². The molecule has 0 aromatic heterocycles. The van der Waals surface area contributed by atoms with Crippen molar-refractivity contribution in [1.82, 2.24) is 5.32 Å². The summed E-state index contributed by atoms with van der Waals surface area (Å²) in [5.74, 6) is 0. The van der Waals surface area contributed by atoms with Gasteiger partial charge in [0.15, 0.2) is 8.32 Å². The fourth-order valence-electron chi connectivity index (χ4n) is 5.48. The highest BCUT2D eigenvalue weighted by molar-refractivity contribution is 6.73. The molecule has 1 aliphatic heterocycles. The van der Waals surface area contributed by atoms with E-state index >= 15 is 0 Å². The zero-order valence-corrected chi connectivity index (χ0v) is 21.2. The second kappa shape index (κ2) is 9.38. The summed E-state index contributed by atoms with van der Waals surface area (Å²) in [6.45, 7) is 17.0. The van der Waals surface area contributed by atoms with Gasteiger partial charge in [0, 0.05) is 6.04 Å². The van der Waals surface area contributed by atoms with Crippen LogP contribution in [0, 0.1) is 27.7 Å². The van der Waals surface area contributed by atoms with Crippen LogP contribution in [0.5, 0.6) is 0 Å². The van der Waals surface area contributed by atoms with E-state index in [9.17, 15) is 0 Å². The molecule has 3 heteroatoms. The molecule has 0 spiro atoms. The van der Waals surface area contributed by atoms with Crippen LogP contribution in [0.4, 0.5) is 0 Å². The lowest BCUT2D eigenvalue weighted by molar-refractivity contribution is 0.0589. The van der Waals surface area contributed by atoms with Gasteiger partial charge in [0.25, 0.3) is 0 Å². The highest BCUT2D eigenvalue weighted by Gasteiger charge is 2.49. The topological polar surface area (TPSA) is 21.3 Å². The Morgan fingerprint density at radius 3 is 1.57 bits per heavy atom. The molecule has 1 heterocycles. The number of nitrogens with one attached hydrogen (secondary N) is 1. The predicted octanol–water partition coefficient (Wildman–Crippen LogP) is 6.94. The van der Waals surface area contributed by atoms with Gasteiger partial charge >= 0.3 is 0 Å². The average molecular weight is 424 g/mol. The van der Waals surface area contributed by atoms with Gasteiger partial charge in [-0.05, 0) is 76.3 Å². The molecule has 2 aromatic rings. The molecule has 0 saturated carbocycles. The summed E-state index contributed by atoms with van der Waals surface area (Å²) < 4.78 is 7.63. The Labute approximate surface area is 185 Å². The molecule has 0 bridgehead atoms. The molecule has 0 unspecified atom stereocenters. The van der Waals surface area contributed by atoms with Crippen LogP contribution in [0.3, 0.4) is 0 Å². The van der Waals surface area contributed by atoms with E-state index in [2.05, 4.69) is 90.2 Å². The third kappa shape index (κ3) is 4.44. The van der Waals surface area contributed by atoms with Crippen LogP contribution >= 0.6 is 0 Å². The number of aryl methyl sites for hydroxylation is 4. The van der Waals surface area contributed by atoms with E-state index in [1.54, 1.807) is 0 Å². The normalized spacial score (nSPS) is 17.5. The number of benzene rings is 2. The first-order valence-corrected chi connectivity index (χ1v) is 14.4. The van der Waals surface area contributed by atoms with Crippen LogP contribution in [-0.4, -0.2) is 20.9 Å². The van der Waals surface area contributed by atoms with Crippen molar-refractivity contribution in [2.75, 3.05) is 6.54 Å². The molecule has 1 aliphatic rings. The minimum absolute atomic E-state index is 0.302. The minimum atomic E-state index is -1.90. The van der Waals surface area contributed by atoms with E-state index in [-0.39, 0.29) is 0 Å². The summed E-state index contributed by atoms with van der Waals surface area (Å²) >= 11 is 0. The van der Waals surface area contributed by atoms with Gasteiger partial charge < -0.3 is 9.74 Å². The maximum Gasteiger partial charge on any atom is 0.193 e. The molecule has 1 N–H and O–H groups in total. The SMILES string of the molecule is CC[Si](CC)(CC)OC(c1cc(C)cc(C)c1)(c1cc(C)cc(C)c1)[C@@H]1CCCN1. The lowest BCUT2D eigenvalue weighted by Crippen LogP contribution is -2.55. The van der Waals surface area contributed by atoms with Gasteiger partial charge in [0.2, 0.25) is 0 Å². The molecule has 2 aromatic carbocycles. The monoisotopic (exact) mass is 423 g/mol. The number of rotatable bonds is 8. The quantitative estimate of drug-likeness (QED) is 0.464. The first kappa shape index (κ1) is 23.2. The number of hydrogen-bond donors (Lipinski definition) is 1. The Morgan fingerprint density at radius 1 is 0.800 bits per heavy atom. The van der Waals surface area contributed by atoms with Gasteiger partial charge in [-0.25, -0.2) is 0 Å². The van der Waals surface area contributed by atoms with Gasteiger partial charge in [-0.3, -0.25) is 0 Å². The van der Waals surface area contributed by atoms with Crippen molar-refractivity contribution in [2.24, 2.45) is 0 Å². The van der Waals surface area contributed by atoms with Crippen molar-refractivity contribution in [3.63, 3.8) is 0 Å². The smallest absolute Gasteiger partial charge is 0.193 e. The Bertz CT molecular complexity index is 765. The number of hydrogen-bond acceptors (Lipinski definition) is 2. The molecule has 2 nitrogen and oxygen atoms in total. The fraction of sp³-hybridized carbons (Fsp3) is 0.556. The Kier molecular flexibility index (Phi) is 7.27. The van der Waals surface area contributed by atoms with Crippen LogP contribution in [0.2, 0.25) is 18.1 Å². The van der Waals surface area contributed by atoms with Crippen molar-refractivity contribution in [3.8, 4) is 0 Å². The molecule has 164 valence electrons. The summed E-state index contributed by atoms with van der Waals surface area (Å²) in [5, 5.41) is 3.86. The highest BCUT2D eigenvalue weighted by Crippen LogP contribution is 2.45. The van der Waals surface area contributed by atoms with Crippen molar-refractivity contribution in [1.29, 1.82) is 0 Å². The van der Waals surface area contributed by atoms with Crippen LogP contribution in [0.15, 0.2) is 36.4 Å². The molecule has 0 aliphatic carbocycles. The van der Waals surface area contributed by atoms with E-state index in [1.807, 2.05) is 0 Å². The largest absolute Gasteiger partial charge is 0.402 e. The summed E-state index contributed by atoms with van der Waals surface area (Å²) in [6.07, 6.45) is 2.37. The van der Waals surface area contributed by atoms with Crippen molar-refractivity contribution in [3.05, 3.63) is 69.8 Å². The predicted molar refractivity (Wildman–Crippen MR) is 132 cm³/mol. The Hall–Kier alpha value is -1.42. The van der Waals surface area contributed by atoms with Crippen LogP contribution in [-0.2, 0) is 10.0 Å². The maximum absolute atomic E-state index is 7.63. The Morgan fingerprint density at radius 2 is 1.23 bits per heavy atom. The molecule has 1 saturated heterocycles. The van der Waals surface area contributed by atoms with Gasteiger partial charge in [-0.2, -0.15) is 0 Å². The van der Waals surface area contributed by atoms with E-state index in [1.165, 1.54) is 39.8 Å².